The lowest BCUT2D eigenvalue weighted by Gasteiger charge is -2.41. The number of aromatic nitrogens is 4. The third-order valence-corrected chi connectivity index (χ3v) is 6.68. The van der Waals surface area contributed by atoms with Crippen LogP contribution in [0.2, 0.25) is 0 Å². The predicted molar refractivity (Wildman–Crippen MR) is 136 cm³/mol. The summed E-state index contributed by atoms with van der Waals surface area (Å²) >= 11 is 0. The topological polar surface area (TPSA) is 92.2 Å². The van der Waals surface area contributed by atoms with Gasteiger partial charge >= 0.3 is 6.15 Å². The quantitative estimate of drug-likeness (QED) is 0.521. The second-order valence-electron chi connectivity index (χ2n) is 9.00. The van der Waals surface area contributed by atoms with Crippen molar-refractivity contribution in [2.45, 2.75) is 59.9 Å². The first-order valence-corrected chi connectivity index (χ1v) is 12.1. The largest absolute Gasteiger partial charge is 0.373 e. The number of hydrogen-bond donors (Lipinski definition) is 0. The molecule has 1 atom stereocenters. The SMILES string of the molecule is CCCCc1cnc(N2CCN(c3nnc(-c4ccncc4)c(C)c3C)C[C@H]2C)cc1C.O=C=O. The van der Waals surface area contributed by atoms with Gasteiger partial charge in [0, 0.05) is 49.8 Å². The van der Waals surface area contributed by atoms with Crippen molar-refractivity contribution in [2.24, 2.45) is 0 Å². The standard InChI is InChI=1S/C26H34N6.CO2/c1-6-7-8-23-16-28-24(15-18(23)2)32-14-13-31(17-19(32)3)26-21(5)20(4)25(29-30-26)22-9-11-27-12-10-22;2-1-3/h9-12,15-16,19H,6-8,13-14,17H2,1-5H3;/t19-;/m1./s1. The van der Waals surface area contributed by atoms with E-state index in [9.17, 15) is 0 Å². The molecule has 0 unspecified atom stereocenters. The first kappa shape index (κ1) is 26.0. The Morgan fingerprint density at radius 2 is 1.77 bits per heavy atom. The van der Waals surface area contributed by atoms with Crippen LogP contribution in [0.15, 0.2) is 36.8 Å². The Morgan fingerprint density at radius 1 is 1.06 bits per heavy atom. The van der Waals surface area contributed by atoms with Crippen molar-refractivity contribution in [1.29, 1.82) is 0 Å². The molecule has 0 amide bonds. The van der Waals surface area contributed by atoms with E-state index in [4.69, 9.17) is 14.6 Å². The Hall–Kier alpha value is -3.64. The highest BCUT2D eigenvalue weighted by molar-refractivity contribution is 5.66. The van der Waals surface area contributed by atoms with Crippen LogP contribution in [0.1, 0.15) is 48.9 Å². The number of carbonyl (C=O) groups excluding carboxylic acids is 2. The molecule has 3 aromatic rings. The van der Waals surface area contributed by atoms with Crippen LogP contribution in [0.4, 0.5) is 11.6 Å². The Balaban J connectivity index is 0.00000108. The van der Waals surface area contributed by atoms with E-state index in [1.54, 1.807) is 12.4 Å². The maximum Gasteiger partial charge on any atom is 0.373 e. The summed E-state index contributed by atoms with van der Waals surface area (Å²) in [7, 11) is 0. The number of piperazine rings is 1. The summed E-state index contributed by atoms with van der Waals surface area (Å²) in [6.45, 7) is 13.7. The highest BCUT2D eigenvalue weighted by Crippen LogP contribution is 2.29. The van der Waals surface area contributed by atoms with Crippen LogP contribution < -0.4 is 9.80 Å². The molecule has 0 N–H and O–H groups in total. The van der Waals surface area contributed by atoms with Gasteiger partial charge in [0.2, 0.25) is 0 Å². The van der Waals surface area contributed by atoms with Gasteiger partial charge < -0.3 is 9.80 Å². The summed E-state index contributed by atoms with van der Waals surface area (Å²) in [4.78, 5) is 30.0. The molecule has 0 spiro atoms. The van der Waals surface area contributed by atoms with Gasteiger partial charge in [0.05, 0.1) is 5.69 Å². The Bertz CT molecular complexity index is 1160. The van der Waals surface area contributed by atoms with Gasteiger partial charge in [-0.1, -0.05) is 13.3 Å². The van der Waals surface area contributed by atoms with Crippen molar-refractivity contribution in [1.82, 2.24) is 20.2 Å². The summed E-state index contributed by atoms with van der Waals surface area (Å²) in [6, 6.07) is 6.58. The molecular formula is C27H34N6O2. The van der Waals surface area contributed by atoms with Gasteiger partial charge in [-0.05, 0) is 81.0 Å². The first-order valence-electron chi connectivity index (χ1n) is 12.1. The minimum Gasteiger partial charge on any atom is -0.351 e. The van der Waals surface area contributed by atoms with Gasteiger partial charge in [-0.2, -0.15) is 9.59 Å². The van der Waals surface area contributed by atoms with Gasteiger partial charge in [-0.25, -0.2) is 4.98 Å². The molecule has 0 bridgehead atoms. The molecule has 0 saturated carbocycles. The summed E-state index contributed by atoms with van der Waals surface area (Å²) in [5, 5.41) is 9.23. The average molecular weight is 475 g/mol. The fourth-order valence-corrected chi connectivity index (χ4v) is 4.52. The molecule has 4 rings (SSSR count). The Labute approximate surface area is 207 Å². The van der Waals surface area contributed by atoms with Crippen LogP contribution in [0.5, 0.6) is 0 Å². The normalized spacial score (nSPS) is 15.3. The fraction of sp³-hybridized carbons (Fsp3) is 0.444. The van der Waals surface area contributed by atoms with Gasteiger partial charge in [-0.3, -0.25) is 4.98 Å². The molecule has 0 radical (unpaired) electrons. The van der Waals surface area contributed by atoms with Gasteiger partial charge in [-0.15, -0.1) is 10.2 Å². The van der Waals surface area contributed by atoms with Crippen LogP contribution in [0.3, 0.4) is 0 Å². The molecule has 184 valence electrons. The minimum absolute atomic E-state index is 0.250. The predicted octanol–water partition coefficient (Wildman–Crippen LogP) is 4.33. The zero-order valence-electron chi connectivity index (χ0n) is 21.3. The van der Waals surface area contributed by atoms with Crippen LogP contribution in [-0.4, -0.2) is 52.0 Å². The third-order valence-electron chi connectivity index (χ3n) is 6.68. The maximum absolute atomic E-state index is 8.12. The van der Waals surface area contributed by atoms with Crippen molar-refractivity contribution < 1.29 is 9.59 Å². The Morgan fingerprint density at radius 3 is 2.40 bits per heavy atom. The van der Waals surface area contributed by atoms with E-state index in [-0.39, 0.29) is 6.15 Å². The van der Waals surface area contributed by atoms with Crippen molar-refractivity contribution >= 4 is 17.8 Å². The highest BCUT2D eigenvalue weighted by atomic mass is 16.2. The number of nitrogens with zero attached hydrogens (tertiary/aromatic N) is 6. The number of aryl methyl sites for hydroxylation is 2. The van der Waals surface area contributed by atoms with E-state index in [1.807, 2.05) is 12.1 Å². The van der Waals surface area contributed by atoms with E-state index in [1.165, 1.54) is 35.1 Å². The molecule has 8 heteroatoms. The molecule has 0 aromatic carbocycles. The van der Waals surface area contributed by atoms with Crippen LogP contribution >= 0.6 is 0 Å². The van der Waals surface area contributed by atoms with E-state index in [2.05, 4.69) is 71.9 Å². The molecule has 1 aliphatic rings. The van der Waals surface area contributed by atoms with E-state index >= 15 is 0 Å². The molecule has 8 nitrogen and oxygen atoms in total. The second-order valence-corrected chi connectivity index (χ2v) is 9.00. The van der Waals surface area contributed by atoms with E-state index < -0.39 is 0 Å². The molecule has 0 aliphatic carbocycles. The summed E-state index contributed by atoms with van der Waals surface area (Å²) in [5.74, 6) is 2.08. The zero-order valence-corrected chi connectivity index (χ0v) is 21.3. The molecule has 1 fully saturated rings. The van der Waals surface area contributed by atoms with Crippen molar-refractivity contribution in [3.63, 3.8) is 0 Å². The van der Waals surface area contributed by atoms with E-state index in [0.717, 1.165) is 48.9 Å². The number of rotatable bonds is 6. The second kappa shape index (κ2) is 12.2. The number of hydrogen-bond acceptors (Lipinski definition) is 8. The molecule has 4 heterocycles. The lowest BCUT2D eigenvalue weighted by Crippen LogP contribution is -2.53. The van der Waals surface area contributed by atoms with E-state index in [0.29, 0.717) is 6.04 Å². The van der Waals surface area contributed by atoms with Crippen molar-refractivity contribution in [3.8, 4) is 11.3 Å². The monoisotopic (exact) mass is 474 g/mol. The van der Waals surface area contributed by atoms with Gasteiger partial charge in [0.1, 0.15) is 5.82 Å². The first-order chi connectivity index (χ1) is 16.9. The van der Waals surface area contributed by atoms with Crippen molar-refractivity contribution in [3.05, 3.63) is 59.0 Å². The fourth-order valence-electron chi connectivity index (χ4n) is 4.52. The molecule has 1 aliphatic heterocycles. The number of pyridine rings is 2. The maximum atomic E-state index is 8.12. The van der Waals surface area contributed by atoms with Crippen LogP contribution in [0.25, 0.3) is 11.3 Å². The molecule has 35 heavy (non-hydrogen) atoms. The minimum atomic E-state index is 0.250. The molecular weight excluding hydrogens is 440 g/mol. The van der Waals surface area contributed by atoms with Crippen molar-refractivity contribution in [2.75, 3.05) is 29.4 Å². The lowest BCUT2D eigenvalue weighted by atomic mass is 10.0. The number of unbranched alkanes of at least 4 members (excludes halogenated alkanes) is 1. The summed E-state index contributed by atoms with van der Waals surface area (Å²) < 4.78 is 0. The lowest BCUT2D eigenvalue weighted by molar-refractivity contribution is -0.191. The summed E-state index contributed by atoms with van der Waals surface area (Å²) in [6.07, 6.45) is 9.48. The zero-order chi connectivity index (χ0) is 25.4. The van der Waals surface area contributed by atoms with Gasteiger partial charge in [0.25, 0.3) is 0 Å². The molecule has 3 aromatic heterocycles. The molecule has 1 saturated heterocycles. The highest BCUT2D eigenvalue weighted by Gasteiger charge is 2.27. The Kier molecular flexibility index (Phi) is 9.04. The van der Waals surface area contributed by atoms with Crippen LogP contribution in [0, 0.1) is 20.8 Å². The smallest absolute Gasteiger partial charge is 0.351 e. The number of anilines is 2. The van der Waals surface area contributed by atoms with Gasteiger partial charge in [0.15, 0.2) is 5.82 Å². The average Bonchev–Trinajstić information content (AvgIpc) is 2.86. The summed E-state index contributed by atoms with van der Waals surface area (Å²) in [5.41, 5.74) is 7.09. The van der Waals surface area contributed by atoms with Crippen LogP contribution in [-0.2, 0) is 16.0 Å². The third kappa shape index (κ3) is 6.08.